The van der Waals surface area contributed by atoms with E-state index in [4.69, 9.17) is 4.74 Å². The summed E-state index contributed by atoms with van der Waals surface area (Å²) < 4.78 is 5.65. The van der Waals surface area contributed by atoms with Gasteiger partial charge in [-0.3, -0.25) is 20.2 Å². The third kappa shape index (κ3) is 4.92. The number of hydrogen-bond acceptors (Lipinski definition) is 6. The molecule has 0 fully saturated rings. The van der Waals surface area contributed by atoms with E-state index in [9.17, 15) is 14.9 Å². The highest BCUT2D eigenvalue weighted by Crippen LogP contribution is 2.27. The quantitative estimate of drug-likeness (QED) is 0.322. The summed E-state index contributed by atoms with van der Waals surface area (Å²) in [5, 5.41) is 15.8. The van der Waals surface area contributed by atoms with Gasteiger partial charge >= 0.3 is 0 Å². The number of benzene rings is 2. The number of amides is 1. The molecular weight excluding hydrogens is 378 g/mol. The van der Waals surface area contributed by atoms with Crippen molar-refractivity contribution in [3.8, 4) is 17.0 Å². The SMILES string of the molecule is CCCCOc1ccc(-c2csc(NC(=O)c3cccc([N+](=O)[O-])c3)n2)cc1. The molecule has 0 aliphatic carbocycles. The molecule has 1 aromatic heterocycles. The van der Waals surface area contributed by atoms with Crippen molar-refractivity contribution in [3.05, 3.63) is 69.6 Å². The minimum absolute atomic E-state index is 0.131. The van der Waals surface area contributed by atoms with Crippen LogP contribution in [0, 0.1) is 10.1 Å². The largest absolute Gasteiger partial charge is 0.494 e. The number of aromatic nitrogens is 1. The number of unbranched alkanes of at least 4 members (excludes halogenated alkanes) is 1. The standard InChI is InChI=1S/C20H19N3O4S/c1-2-3-11-27-17-9-7-14(8-10-17)18-13-28-20(21-18)22-19(24)15-5-4-6-16(12-15)23(25)26/h4-10,12-13H,2-3,11H2,1H3,(H,21,22,24). The maximum atomic E-state index is 12.3. The van der Waals surface area contributed by atoms with Gasteiger partial charge in [0.1, 0.15) is 5.75 Å². The normalized spacial score (nSPS) is 10.5. The monoisotopic (exact) mass is 397 g/mol. The van der Waals surface area contributed by atoms with E-state index in [0.29, 0.717) is 11.7 Å². The highest BCUT2D eigenvalue weighted by molar-refractivity contribution is 7.14. The van der Waals surface area contributed by atoms with E-state index in [1.807, 2.05) is 29.6 Å². The Kier molecular flexibility index (Phi) is 6.33. The molecule has 0 bridgehead atoms. The van der Waals surface area contributed by atoms with Crippen LogP contribution in [0.5, 0.6) is 5.75 Å². The molecule has 0 saturated heterocycles. The predicted molar refractivity (Wildman–Crippen MR) is 109 cm³/mol. The van der Waals surface area contributed by atoms with E-state index in [2.05, 4.69) is 17.2 Å². The number of hydrogen-bond donors (Lipinski definition) is 1. The molecule has 3 rings (SSSR count). The van der Waals surface area contributed by atoms with Crippen molar-refractivity contribution >= 4 is 28.1 Å². The van der Waals surface area contributed by atoms with Gasteiger partial charge in [0, 0.05) is 28.6 Å². The average molecular weight is 397 g/mol. The lowest BCUT2D eigenvalue weighted by Crippen LogP contribution is -2.11. The molecule has 0 saturated carbocycles. The first-order chi connectivity index (χ1) is 13.6. The van der Waals surface area contributed by atoms with Gasteiger partial charge in [-0.05, 0) is 36.8 Å². The zero-order valence-electron chi connectivity index (χ0n) is 15.3. The van der Waals surface area contributed by atoms with Gasteiger partial charge in [0.25, 0.3) is 11.6 Å². The summed E-state index contributed by atoms with van der Waals surface area (Å²) in [5.74, 6) is 0.371. The number of non-ortho nitro benzene ring substituents is 1. The van der Waals surface area contributed by atoms with Crippen LogP contribution in [0.15, 0.2) is 53.9 Å². The van der Waals surface area contributed by atoms with E-state index < -0.39 is 10.8 Å². The number of anilines is 1. The molecule has 0 spiro atoms. The molecule has 1 amide bonds. The number of carbonyl (C=O) groups is 1. The molecule has 0 radical (unpaired) electrons. The Morgan fingerprint density at radius 1 is 1.25 bits per heavy atom. The molecule has 7 nitrogen and oxygen atoms in total. The molecule has 0 aliphatic rings. The summed E-state index contributed by atoms with van der Waals surface area (Å²) in [4.78, 5) is 27.1. The lowest BCUT2D eigenvalue weighted by Gasteiger charge is -2.05. The maximum Gasteiger partial charge on any atom is 0.270 e. The van der Waals surface area contributed by atoms with Gasteiger partial charge in [-0.2, -0.15) is 0 Å². The predicted octanol–water partition coefficient (Wildman–Crippen LogP) is 5.15. The van der Waals surface area contributed by atoms with Crippen molar-refractivity contribution in [3.63, 3.8) is 0 Å². The summed E-state index contributed by atoms with van der Waals surface area (Å²) in [7, 11) is 0. The number of carbonyl (C=O) groups excluding carboxylic acids is 1. The number of nitrogens with one attached hydrogen (secondary N) is 1. The lowest BCUT2D eigenvalue weighted by atomic mass is 10.2. The van der Waals surface area contributed by atoms with Crippen LogP contribution in [0.4, 0.5) is 10.8 Å². The Hall–Kier alpha value is -3.26. The third-order valence-corrected chi connectivity index (χ3v) is 4.72. The molecule has 28 heavy (non-hydrogen) atoms. The van der Waals surface area contributed by atoms with Crippen molar-refractivity contribution in [2.24, 2.45) is 0 Å². The topological polar surface area (TPSA) is 94.4 Å². The van der Waals surface area contributed by atoms with E-state index >= 15 is 0 Å². The second-order valence-electron chi connectivity index (χ2n) is 6.03. The molecule has 144 valence electrons. The van der Waals surface area contributed by atoms with E-state index in [1.54, 1.807) is 0 Å². The molecular formula is C20H19N3O4S. The van der Waals surface area contributed by atoms with Crippen molar-refractivity contribution < 1.29 is 14.5 Å². The Balaban J connectivity index is 1.66. The smallest absolute Gasteiger partial charge is 0.270 e. The van der Waals surface area contributed by atoms with Gasteiger partial charge in [-0.15, -0.1) is 11.3 Å². The minimum Gasteiger partial charge on any atom is -0.494 e. The molecule has 3 aromatic rings. The number of nitro benzene ring substituents is 1. The summed E-state index contributed by atoms with van der Waals surface area (Å²) in [6.07, 6.45) is 2.10. The van der Waals surface area contributed by atoms with Gasteiger partial charge < -0.3 is 4.74 Å². The molecule has 0 unspecified atom stereocenters. The van der Waals surface area contributed by atoms with Gasteiger partial charge in [-0.25, -0.2) is 4.98 Å². The Bertz CT molecular complexity index is 970. The molecule has 8 heteroatoms. The van der Waals surface area contributed by atoms with Crippen LogP contribution < -0.4 is 10.1 Å². The first kappa shape index (κ1) is 19.5. The first-order valence-corrected chi connectivity index (χ1v) is 9.69. The van der Waals surface area contributed by atoms with Crippen molar-refractivity contribution in [1.82, 2.24) is 4.98 Å². The zero-order valence-corrected chi connectivity index (χ0v) is 16.1. The van der Waals surface area contributed by atoms with Gasteiger partial charge in [0.15, 0.2) is 5.13 Å². The third-order valence-electron chi connectivity index (χ3n) is 3.96. The average Bonchev–Trinajstić information content (AvgIpc) is 3.17. The fraction of sp³-hybridized carbons (Fsp3) is 0.200. The molecule has 2 aromatic carbocycles. The number of thiazole rings is 1. The minimum atomic E-state index is -0.534. The summed E-state index contributed by atoms with van der Waals surface area (Å²) in [5.41, 5.74) is 1.72. The van der Waals surface area contributed by atoms with Crippen molar-refractivity contribution in [1.29, 1.82) is 0 Å². The Morgan fingerprint density at radius 3 is 2.75 bits per heavy atom. The van der Waals surface area contributed by atoms with E-state index in [1.165, 1.54) is 35.6 Å². The van der Waals surface area contributed by atoms with Crippen LogP contribution in [0.25, 0.3) is 11.3 Å². The number of rotatable bonds is 8. The van der Waals surface area contributed by atoms with Crippen LogP contribution >= 0.6 is 11.3 Å². The fourth-order valence-corrected chi connectivity index (χ4v) is 3.16. The summed E-state index contributed by atoms with van der Waals surface area (Å²) in [6, 6.07) is 13.2. The summed E-state index contributed by atoms with van der Waals surface area (Å²) in [6.45, 7) is 2.81. The number of nitro groups is 1. The van der Waals surface area contributed by atoms with Crippen molar-refractivity contribution in [2.75, 3.05) is 11.9 Å². The van der Waals surface area contributed by atoms with Crippen LogP contribution in [0.3, 0.4) is 0 Å². The van der Waals surface area contributed by atoms with Gasteiger partial charge in [-0.1, -0.05) is 19.4 Å². The van der Waals surface area contributed by atoms with Gasteiger partial charge in [0.2, 0.25) is 0 Å². The van der Waals surface area contributed by atoms with Crippen LogP contribution in [-0.4, -0.2) is 22.4 Å². The molecule has 0 aliphatic heterocycles. The number of nitrogens with zero attached hydrogens (tertiary/aromatic N) is 2. The van der Waals surface area contributed by atoms with Crippen molar-refractivity contribution in [2.45, 2.75) is 19.8 Å². The van der Waals surface area contributed by atoms with Gasteiger partial charge in [0.05, 0.1) is 17.2 Å². The highest BCUT2D eigenvalue weighted by Gasteiger charge is 2.13. The second kappa shape index (κ2) is 9.09. The van der Waals surface area contributed by atoms with Crippen LogP contribution in [-0.2, 0) is 0 Å². The Labute approximate surface area is 166 Å². The zero-order chi connectivity index (χ0) is 19.9. The first-order valence-electron chi connectivity index (χ1n) is 8.81. The van der Waals surface area contributed by atoms with Crippen LogP contribution in [0.1, 0.15) is 30.1 Å². The molecule has 1 N–H and O–H groups in total. The van der Waals surface area contributed by atoms with E-state index in [0.717, 1.165) is 29.8 Å². The second-order valence-corrected chi connectivity index (χ2v) is 6.88. The summed E-state index contributed by atoms with van der Waals surface area (Å²) >= 11 is 1.29. The maximum absolute atomic E-state index is 12.3. The van der Waals surface area contributed by atoms with E-state index in [-0.39, 0.29) is 11.3 Å². The highest BCUT2D eigenvalue weighted by atomic mass is 32.1. The molecule has 1 heterocycles. The molecule has 0 atom stereocenters. The fourth-order valence-electron chi connectivity index (χ4n) is 2.45. The lowest BCUT2D eigenvalue weighted by molar-refractivity contribution is -0.384. The Morgan fingerprint density at radius 2 is 2.04 bits per heavy atom. The van der Waals surface area contributed by atoms with Crippen LogP contribution in [0.2, 0.25) is 0 Å². The number of ether oxygens (including phenoxy) is 1.